The molecule has 1 rings (SSSR count). The summed E-state index contributed by atoms with van der Waals surface area (Å²) >= 11 is 0. The molecule has 0 saturated heterocycles. The van der Waals surface area contributed by atoms with Crippen LogP contribution in [0, 0.1) is 13.8 Å². The van der Waals surface area contributed by atoms with E-state index in [1.165, 1.54) is 0 Å². The van der Waals surface area contributed by atoms with Crippen molar-refractivity contribution in [3.8, 4) is 0 Å². The fourth-order valence-electron chi connectivity index (χ4n) is 1.09. The van der Waals surface area contributed by atoms with Gasteiger partial charge in [-0.05, 0) is 19.9 Å². The molecule has 4 nitrogen and oxygen atoms in total. The Morgan fingerprint density at radius 2 is 1.87 bits per heavy atom. The molecule has 0 fully saturated rings. The molecule has 1 atom stereocenters. The molecule has 0 radical (unpaired) electrons. The Labute approximate surface area is 86.4 Å². The number of hydrogen-bond acceptors (Lipinski definition) is 4. The van der Waals surface area contributed by atoms with Gasteiger partial charge >= 0.3 is 0 Å². The average molecular weight is 217 g/mol. The smallest absolute Gasteiger partial charge is 0.265 e. The van der Waals surface area contributed by atoms with E-state index in [1.807, 2.05) is 0 Å². The van der Waals surface area contributed by atoms with Gasteiger partial charge in [0.1, 0.15) is 6.10 Å². The number of nitrogens with zero attached hydrogens (tertiary/aromatic N) is 2. The van der Waals surface area contributed by atoms with Crippen LogP contribution in [-0.4, -0.2) is 34.1 Å². The zero-order valence-corrected chi connectivity index (χ0v) is 8.54. The van der Waals surface area contributed by atoms with Crippen molar-refractivity contribution in [1.82, 2.24) is 9.97 Å². The van der Waals surface area contributed by atoms with Crippen LogP contribution in [-0.2, 0) is 0 Å². The molecular weight excluding hydrogens is 204 g/mol. The van der Waals surface area contributed by atoms with E-state index >= 15 is 0 Å². The third-order valence-corrected chi connectivity index (χ3v) is 1.74. The minimum atomic E-state index is -2.76. The molecule has 0 aliphatic rings. The number of aliphatic hydroxyl groups is 1. The van der Waals surface area contributed by atoms with E-state index in [-0.39, 0.29) is 12.5 Å². The van der Waals surface area contributed by atoms with Gasteiger partial charge in [0.05, 0.1) is 0 Å². The molecule has 0 aromatic carbocycles. The van der Waals surface area contributed by atoms with Crippen molar-refractivity contribution in [1.29, 1.82) is 0 Å². The van der Waals surface area contributed by atoms with Crippen molar-refractivity contribution in [2.75, 3.05) is 11.9 Å². The standard InChI is InChI=1S/C9H13F2N3O/c1-5-3-6(2)14-9(13-5)12-4-7(15)8(10)11/h3,7-8,15H,4H2,1-2H3,(H,12,13,14). The Kier molecular flexibility index (Phi) is 3.90. The summed E-state index contributed by atoms with van der Waals surface area (Å²) in [5.41, 5.74) is 1.49. The van der Waals surface area contributed by atoms with Crippen molar-refractivity contribution in [3.63, 3.8) is 0 Å². The molecule has 0 aliphatic heterocycles. The van der Waals surface area contributed by atoms with Crippen LogP contribution < -0.4 is 5.32 Å². The molecule has 1 aromatic rings. The number of aromatic nitrogens is 2. The maximum atomic E-state index is 12.0. The summed E-state index contributed by atoms with van der Waals surface area (Å²) in [6, 6.07) is 1.77. The number of aliphatic hydroxyl groups excluding tert-OH is 1. The van der Waals surface area contributed by atoms with Crippen LogP contribution >= 0.6 is 0 Å². The minimum absolute atomic E-state index is 0.257. The van der Waals surface area contributed by atoms with Gasteiger partial charge in [-0.2, -0.15) is 0 Å². The van der Waals surface area contributed by atoms with Gasteiger partial charge in [-0.15, -0.1) is 0 Å². The zero-order valence-electron chi connectivity index (χ0n) is 8.54. The third kappa shape index (κ3) is 3.75. The van der Waals surface area contributed by atoms with Crippen LogP contribution in [0.4, 0.5) is 14.7 Å². The highest BCUT2D eigenvalue weighted by molar-refractivity contribution is 5.27. The minimum Gasteiger partial charge on any atom is -0.385 e. The van der Waals surface area contributed by atoms with Gasteiger partial charge in [-0.3, -0.25) is 0 Å². The second kappa shape index (κ2) is 4.97. The molecular formula is C9H13F2N3O. The SMILES string of the molecule is Cc1cc(C)nc(NCC(O)C(F)F)n1. The molecule has 15 heavy (non-hydrogen) atoms. The zero-order chi connectivity index (χ0) is 11.4. The average Bonchev–Trinajstić information content (AvgIpc) is 2.12. The monoisotopic (exact) mass is 217 g/mol. The maximum Gasteiger partial charge on any atom is 0.265 e. The summed E-state index contributed by atoms with van der Waals surface area (Å²) in [6.07, 6.45) is -4.46. The van der Waals surface area contributed by atoms with Gasteiger partial charge < -0.3 is 10.4 Å². The van der Waals surface area contributed by atoms with Crippen LogP contribution in [0.1, 0.15) is 11.4 Å². The summed E-state index contributed by atoms with van der Waals surface area (Å²) in [7, 11) is 0. The first-order valence-corrected chi connectivity index (χ1v) is 4.51. The topological polar surface area (TPSA) is 58.0 Å². The van der Waals surface area contributed by atoms with Crippen LogP contribution in [0.25, 0.3) is 0 Å². The van der Waals surface area contributed by atoms with E-state index in [0.29, 0.717) is 0 Å². The number of hydrogen-bond donors (Lipinski definition) is 2. The van der Waals surface area contributed by atoms with E-state index in [0.717, 1.165) is 11.4 Å². The highest BCUT2D eigenvalue weighted by Crippen LogP contribution is 2.05. The highest BCUT2D eigenvalue weighted by atomic mass is 19.3. The number of alkyl halides is 2. The van der Waals surface area contributed by atoms with Gasteiger partial charge in [0.15, 0.2) is 0 Å². The normalized spacial score (nSPS) is 12.9. The predicted octanol–water partition coefficient (Wildman–Crippen LogP) is 1.13. The van der Waals surface area contributed by atoms with Crippen molar-refractivity contribution in [2.24, 2.45) is 0 Å². The largest absolute Gasteiger partial charge is 0.385 e. The number of rotatable bonds is 4. The fourth-order valence-corrected chi connectivity index (χ4v) is 1.09. The van der Waals surface area contributed by atoms with Crippen molar-refractivity contribution in [3.05, 3.63) is 17.5 Å². The van der Waals surface area contributed by atoms with Gasteiger partial charge in [-0.1, -0.05) is 0 Å². The predicted molar refractivity (Wildman–Crippen MR) is 52.0 cm³/mol. The van der Waals surface area contributed by atoms with Gasteiger partial charge in [-0.25, -0.2) is 18.7 Å². The molecule has 1 heterocycles. The van der Waals surface area contributed by atoms with Crippen molar-refractivity contribution in [2.45, 2.75) is 26.4 Å². The maximum absolute atomic E-state index is 12.0. The lowest BCUT2D eigenvalue weighted by Crippen LogP contribution is -2.27. The molecule has 6 heteroatoms. The Morgan fingerprint density at radius 1 is 1.33 bits per heavy atom. The van der Waals surface area contributed by atoms with E-state index in [4.69, 9.17) is 5.11 Å². The molecule has 0 spiro atoms. The van der Waals surface area contributed by atoms with E-state index in [1.54, 1.807) is 19.9 Å². The molecule has 2 N–H and O–H groups in total. The lowest BCUT2D eigenvalue weighted by Gasteiger charge is -2.11. The second-order valence-electron chi connectivity index (χ2n) is 3.26. The summed E-state index contributed by atoms with van der Waals surface area (Å²) in [6.45, 7) is 3.30. The molecule has 84 valence electrons. The number of halogens is 2. The van der Waals surface area contributed by atoms with Crippen molar-refractivity contribution < 1.29 is 13.9 Å². The van der Waals surface area contributed by atoms with E-state index in [2.05, 4.69) is 15.3 Å². The Hall–Kier alpha value is -1.30. The summed E-state index contributed by atoms with van der Waals surface area (Å²) in [5.74, 6) is 0.257. The Bertz CT molecular complexity index is 313. The molecule has 1 unspecified atom stereocenters. The van der Waals surface area contributed by atoms with Gasteiger partial charge in [0, 0.05) is 17.9 Å². The summed E-state index contributed by atoms with van der Waals surface area (Å²) < 4.78 is 23.9. The number of aryl methyl sites for hydroxylation is 2. The molecule has 0 amide bonds. The Balaban J connectivity index is 2.57. The molecule has 0 aliphatic carbocycles. The Morgan fingerprint density at radius 3 is 2.33 bits per heavy atom. The summed E-state index contributed by atoms with van der Waals surface area (Å²) in [5, 5.41) is 11.4. The van der Waals surface area contributed by atoms with Crippen LogP contribution in [0.15, 0.2) is 6.07 Å². The lowest BCUT2D eigenvalue weighted by molar-refractivity contribution is 0.00376. The van der Waals surface area contributed by atoms with Crippen LogP contribution in [0.2, 0.25) is 0 Å². The number of nitrogens with one attached hydrogen (secondary N) is 1. The summed E-state index contributed by atoms with van der Waals surface area (Å²) in [4.78, 5) is 7.97. The van der Waals surface area contributed by atoms with Crippen molar-refractivity contribution >= 4 is 5.95 Å². The van der Waals surface area contributed by atoms with E-state index in [9.17, 15) is 8.78 Å². The quantitative estimate of drug-likeness (QED) is 0.793. The molecule has 1 aromatic heterocycles. The first-order valence-electron chi connectivity index (χ1n) is 4.51. The van der Waals surface area contributed by atoms with Crippen LogP contribution in [0.3, 0.4) is 0 Å². The van der Waals surface area contributed by atoms with E-state index < -0.39 is 12.5 Å². The first kappa shape index (κ1) is 11.8. The van der Waals surface area contributed by atoms with Gasteiger partial charge in [0.25, 0.3) is 6.43 Å². The van der Waals surface area contributed by atoms with Gasteiger partial charge in [0.2, 0.25) is 5.95 Å². The third-order valence-electron chi connectivity index (χ3n) is 1.74. The second-order valence-corrected chi connectivity index (χ2v) is 3.26. The highest BCUT2D eigenvalue weighted by Gasteiger charge is 2.16. The fraction of sp³-hybridized carbons (Fsp3) is 0.556. The molecule has 0 bridgehead atoms. The van der Waals surface area contributed by atoms with Crippen LogP contribution in [0.5, 0.6) is 0 Å². The lowest BCUT2D eigenvalue weighted by atomic mass is 10.3. The number of anilines is 1. The molecule has 0 saturated carbocycles. The first-order chi connectivity index (χ1) is 6.99.